The SMILES string of the molecule is Cn1c2ccc(N(c3ccccc3)c3ccccc3)cc2c2ccc3cc4ccccc4cc3c21. The zero-order valence-electron chi connectivity index (χ0n) is 19.5. The summed E-state index contributed by atoms with van der Waals surface area (Å²) in [5.41, 5.74) is 5.98. The molecule has 0 N–H and O–H groups in total. The molecule has 2 heteroatoms. The molecule has 0 saturated carbocycles. The first kappa shape index (κ1) is 19.9. The standard InChI is InChI=1S/C33H24N2/c1-34-32-19-17-28(35(26-12-4-2-5-13-26)27-14-6-3-7-15-27)22-31(32)29-18-16-25-20-23-10-8-9-11-24(23)21-30(25)33(29)34/h2-22H,1H3. The van der Waals surface area contributed by atoms with Gasteiger partial charge in [0.15, 0.2) is 0 Å². The highest BCUT2D eigenvalue weighted by atomic mass is 15.1. The van der Waals surface area contributed by atoms with Gasteiger partial charge < -0.3 is 9.47 Å². The molecule has 7 aromatic rings. The Balaban J connectivity index is 1.51. The Morgan fingerprint density at radius 2 is 1.09 bits per heavy atom. The molecule has 0 aliphatic heterocycles. The van der Waals surface area contributed by atoms with Gasteiger partial charge in [0.25, 0.3) is 0 Å². The van der Waals surface area contributed by atoms with Crippen molar-refractivity contribution in [3.8, 4) is 0 Å². The molecule has 2 nitrogen and oxygen atoms in total. The number of fused-ring (bicyclic) bond motifs is 6. The minimum atomic E-state index is 1.15. The van der Waals surface area contributed by atoms with Gasteiger partial charge >= 0.3 is 0 Å². The summed E-state index contributed by atoms with van der Waals surface area (Å²) in [7, 11) is 2.19. The predicted molar refractivity (Wildman–Crippen MR) is 150 cm³/mol. The number of hydrogen-bond acceptors (Lipinski definition) is 1. The summed E-state index contributed by atoms with van der Waals surface area (Å²) in [4.78, 5) is 2.33. The molecule has 0 atom stereocenters. The molecule has 0 aliphatic rings. The van der Waals surface area contributed by atoms with Crippen molar-refractivity contribution in [1.82, 2.24) is 4.57 Å². The van der Waals surface area contributed by atoms with E-state index in [0.717, 1.165) is 17.1 Å². The van der Waals surface area contributed by atoms with Crippen molar-refractivity contribution < 1.29 is 0 Å². The Hall–Kier alpha value is -4.56. The summed E-state index contributed by atoms with van der Waals surface area (Å²) in [5, 5.41) is 7.68. The molecule has 7 rings (SSSR count). The topological polar surface area (TPSA) is 8.17 Å². The minimum absolute atomic E-state index is 1.15. The predicted octanol–water partition coefficient (Wildman–Crippen LogP) is 9.11. The molecule has 0 fully saturated rings. The van der Waals surface area contributed by atoms with Crippen molar-refractivity contribution in [1.29, 1.82) is 0 Å². The average molecular weight is 449 g/mol. The second-order valence-electron chi connectivity index (χ2n) is 9.15. The molecule has 166 valence electrons. The second-order valence-corrected chi connectivity index (χ2v) is 9.15. The van der Waals surface area contributed by atoms with Crippen LogP contribution in [0.25, 0.3) is 43.4 Å². The fourth-order valence-corrected chi connectivity index (χ4v) is 5.47. The van der Waals surface area contributed by atoms with Gasteiger partial charge in [0.1, 0.15) is 0 Å². The van der Waals surface area contributed by atoms with Crippen LogP contribution >= 0.6 is 0 Å². The van der Waals surface area contributed by atoms with E-state index in [1.165, 1.54) is 43.4 Å². The number of anilines is 3. The monoisotopic (exact) mass is 448 g/mol. The van der Waals surface area contributed by atoms with Crippen LogP contribution in [0.1, 0.15) is 0 Å². The third kappa shape index (κ3) is 3.11. The number of aryl methyl sites for hydroxylation is 1. The van der Waals surface area contributed by atoms with E-state index in [2.05, 4.69) is 144 Å². The van der Waals surface area contributed by atoms with Gasteiger partial charge in [0.2, 0.25) is 0 Å². The van der Waals surface area contributed by atoms with Crippen molar-refractivity contribution in [2.75, 3.05) is 4.90 Å². The van der Waals surface area contributed by atoms with Gasteiger partial charge in [0, 0.05) is 45.8 Å². The Labute approximate surface area is 204 Å². The van der Waals surface area contributed by atoms with Gasteiger partial charge in [0.05, 0.1) is 5.52 Å². The van der Waals surface area contributed by atoms with Crippen LogP contribution in [0.3, 0.4) is 0 Å². The van der Waals surface area contributed by atoms with E-state index in [9.17, 15) is 0 Å². The van der Waals surface area contributed by atoms with Crippen LogP contribution in [0, 0.1) is 0 Å². The second kappa shape index (κ2) is 7.75. The van der Waals surface area contributed by atoms with E-state index in [1.807, 2.05) is 0 Å². The first-order valence-electron chi connectivity index (χ1n) is 12.0. The zero-order chi connectivity index (χ0) is 23.4. The van der Waals surface area contributed by atoms with E-state index >= 15 is 0 Å². The fraction of sp³-hybridized carbons (Fsp3) is 0.0303. The van der Waals surface area contributed by atoms with Crippen molar-refractivity contribution in [2.45, 2.75) is 0 Å². The van der Waals surface area contributed by atoms with E-state index in [1.54, 1.807) is 0 Å². The lowest BCUT2D eigenvalue weighted by Gasteiger charge is -2.25. The largest absolute Gasteiger partial charge is 0.343 e. The first-order valence-corrected chi connectivity index (χ1v) is 12.0. The molecule has 0 radical (unpaired) electrons. The highest BCUT2D eigenvalue weighted by molar-refractivity contribution is 6.20. The molecule has 0 bridgehead atoms. The van der Waals surface area contributed by atoms with Crippen LogP contribution in [0.4, 0.5) is 17.1 Å². The summed E-state index contributed by atoms with van der Waals surface area (Å²) in [6, 6.07) is 45.8. The van der Waals surface area contributed by atoms with Crippen molar-refractivity contribution in [3.05, 3.63) is 127 Å². The van der Waals surface area contributed by atoms with Crippen LogP contribution in [0.15, 0.2) is 127 Å². The summed E-state index contributed by atoms with van der Waals surface area (Å²) in [6.07, 6.45) is 0. The lowest BCUT2D eigenvalue weighted by atomic mass is 10.0. The van der Waals surface area contributed by atoms with E-state index in [0.29, 0.717) is 0 Å². The highest BCUT2D eigenvalue weighted by Crippen LogP contribution is 2.40. The zero-order valence-corrected chi connectivity index (χ0v) is 19.5. The Morgan fingerprint density at radius 1 is 0.457 bits per heavy atom. The van der Waals surface area contributed by atoms with E-state index < -0.39 is 0 Å². The molecule has 0 aliphatic carbocycles. The molecular weight excluding hydrogens is 424 g/mol. The number of para-hydroxylation sites is 2. The minimum Gasteiger partial charge on any atom is -0.343 e. The van der Waals surface area contributed by atoms with Crippen LogP contribution in [0.2, 0.25) is 0 Å². The van der Waals surface area contributed by atoms with E-state index in [-0.39, 0.29) is 0 Å². The Morgan fingerprint density at radius 3 is 1.77 bits per heavy atom. The Kier molecular flexibility index (Phi) is 4.40. The summed E-state index contributed by atoms with van der Waals surface area (Å²) < 4.78 is 2.35. The molecular formula is C33H24N2. The number of benzene rings is 6. The van der Waals surface area contributed by atoms with Gasteiger partial charge in [-0.25, -0.2) is 0 Å². The van der Waals surface area contributed by atoms with Crippen molar-refractivity contribution in [3.63, 3.8) is 0 Å². The average Bonchev–Trinajstić information content (AvgIpc) is 3.20. The van der Waals surface area contributed by atoms with E-state index in [4.69, 9.17) is 0 Å². The van der Waals surface area contributed by atoms with Crippen LogP contribution in [0.5, 0.6) is 0 Å². The molecule has 35 heavy (non-hydrogen) atoms. The maximum atomic E-state index is 2.35. The maximum Gasteiger partial charge on any atom is 0.0568 e. The Bertz CT molecular complexity index is 1810. The van der Waals surface area contributed by atoms with Gasteiger partial charge in [-0.05, 0) is 70.8 Å². The van der Waals surface area contributed by atoms with Crippen LogP contribution in [-0.2, 0) is 7.05 Å². The molecule has 6 aromatic carbocycles. The van der Waals surface area contributed by atoms with Crippen LogP contribution < -0.4 is 4.90 Å². The van der Waals surface area contributed by atoms with Crippen LogP contribution in [-0.4, -0.2) is 4.57 Å². The molecule has 1 aromatic heterocycles. The quantitative estimate of drug-likeness (QED) is 0.245. The number of aromatic nitrogens is 1. The van der Waals surface area contributed by atoms with Gasteiger partial charge in [-0.15, -0.1) is 0 Å². The van der Waals surface area contributed by atoms with Gasteiger partial charge in [-0.3, -0.25) is 0 Å². The van der Waals surface area contributed by atoms with Gasteiger partial charge in [-0.1, -0.05) is 72.8 Å². The number of nitrogens with zero attached hydrogens (tertiary/aromatic N) is 2. The lowest BCUT2D eigenvalue weighted by molar-refractivity contribution is 1.02. The third-order valence-corrected chi connectivity index (χ3v) is 7.11. The highest BCUT2D eigenvalue weighted by Gasteiger charge is 2.16. The number of rotatable bonds is 3. The number of hydrogen-bond donors (Lipinski definition) is 0. The third-order valence-electron chi connectivity index (χ3n) is 7.11. The van der Waals surface area contributed by atoms with Crippen molar-refractivity contribution >= 4 is 60.4 Å². The molecule has 0 spiro atoms. The lowest BCUT2D eigenvalue weighted by Crippen LogP contribution is -2.09. The smallest absolute Gasteiger partial charge is 0.0568 e. The summed E-state index contributed by atoms with van der Waals surface area (Å²) >= 11 is 0. The molecule has 0 amide bonds. The first-order chi connectivity index (χ1) is 17.3. The summed E-state index contributed by atoms with van der Waals surface area (Å²) in [6.45, 7) is 0. The van der Waals surface area contributed by atoms with Gasteiger partial charge in [-0.2, -0.15) is 0 Å². The summed E-state index contributed by atoms with van der Waals surface area (Å²) in [5.74, 6) is 0. The molecule has 0 unspecified atom stereocenters. The maximum absolute atomic E-state index is 2.35. The van der Waals surface area contributed by atoms with Crippen molar-refractivity contribution in [2.24, 2.45) is 7.05 Å². The fourth-order valence-electron chi connectivity index (χ4n) is 5.47. The molecule has 1 heterocycles. The molecule has 0 saturated heterocycles. The normalized spacial score (nSPS) is 11.6.